The van der Waals surface area contributed by atoms with E-state index in [4.69, 9.17) is 4.74 Å². The van der Waals surface area contributed by atoms with Gasteiger partial charge in [0, 0.05) is 31.4 Å². The van der Waals surface area contributed by atoms with Gasteiger partial charge in [0.25, 0.3) is 0 Å². The fraction of sp³-hybridized carbons (Fsp3) is 0.538. The largest absolute Gasteiger partial charge is 0.384 e. The summed E-state index contributed by atoms with van der Waals surface area (Å²) in [6.07, 6.45) is 2.30. The van der Waals surface area contributed by atoms with Crippen molar-refractivity contribution < 1.29 is 4.74 Å². The van der Waals surface area contributed by atoms with Crippen molar-refractivity contribution in [3.63, 3.8) is 0 Å². The van der Waals surface area contributed by atoms with E-state index in [0.717, 1.165) is 39.1 Å². The van der Waals surface area contributed by atoms with E-state index in [0.29, 0.717) is 6.04 Å². The third-order valence-electron chi connectivity index (χ3n) is 3.44. The first-order chi connectivity index (χ1) is 7.93. The molecule has 1 fully saturated rings. The Bertz CT molecular complexity index is 372. The summed E-state index contributed by atoms with van der Waals surface area (Å²) in [4.78, 5) is 0. The van der Waals surface area contributed by atoms with E-state index in [1.165, 1.54) is 16.8 Å². The zero-order valence-electron chi connectivity index (χ0n) is 9.46. The predicted molar refractivity (Wildman–Crippen MR) is 64.7 cm³/mol. The van der Waals surface area contributed by atoms with Crippen LogP contribution >= 0.6 is 0 Å². The van der Waals surface area contributed by atoms with E-state index in [2.05, 4.69) is 28.8 Å². The summed E-state index contributed by atoms with van der Waals surface area (Å²) in [5, 5.41) is 7.04. The minimum absolute atomic E-state index is 0.539. The lowest BCUT2D eigenvalue weighted by molar-refractivity contribution is 0.190. The molecule has 2 heterocycles. The lowest BCUT2D eigenvalue weighted by atomic mass is 10.1. The van der Waals surface area contributed by atoms with Crippen LogP contribution in [0.1, 0.15) is 17.5 Å². The summed E-state index contributed by atoms with van der Waals surface area (Å²) in [6, 6.07) is 7.13. The van der Waals surface area contributed by atoms with Crippen LogP contribution in [0.15, 0.2) is 18.2 Å². The Morgan fingerprint density at radius 1 is 1.44 bits per heavy atom. The molecule has 3 nitrogen and oxygen atoms in total. The molecule has 0 radical (unpaired) electrons. The highest BCUT2D eigenvalue weighted by molar-refractivity contribution is 5.61. The highest BCUT2D eigenvalue weighted by Gasteiger charge is 2.17. The first-order valence-corrected chi connectivity index (χ1v) is 6.09. The number of fused-ring (bicyclic) bond motifs is 1. The molecule has 0 bridgehead atoms. The standard InChI is InChI=1S/C13H18N2O/c1-2-10-4-6-14-13(10)11(3-1)8-15-12-5-7-16-9-12/h1-3,12,14-15H,4-9H2. The summed E-state index contributed by atoms with van der Waals surface area (Å²) in [7, 11) is 0. The van der Waals surface area contributed by atoms with E-state index in [-0.39, 0.29) is 0 Å². The molecule has 1 saturated heterocycles. The third kappa shape index (κ3) is 1.93. The Morgan fingerprint density at radius 2 is 2.44 bits per heavy atom. The van der Waals surface area contributed by atoms with Crippen molar-refractivity contribution in [3.8, 4) is 0 Å². The monoisotopic (exact) mass is 218 g/mol. The summed E-state index contributed by atoms with van der Waals surface area (Å²) in [5.74, 6) is 0. The Labute approximate surface area is 96.2 Å². The molecule has 1 unspecified atom stereocenters. The van der Waals surface area contributed by atoms with Crippen LogP contribution in [0.2, 0.25) is 0 Å². The van der Waals surface area contributed by atoms with Crippen molar-refractivity contribution in [2.45, 2.75) is 25.4 Å². The molecule has 1 aromatic carbocycles. The number of hydrogen-bond donors (Lipinski definition) is 2. The normalized spacial score (nSPS) is 23.1. The molecule has 0 saturated carbocycles. The van der Waals surface area contributed by atoms with E-state index in [1.807, 2.05) is 0 Å². The van der Waals surface area contributed by atoms with Crippen molar-refractivity contribution >= 4 is 5.69 Å². The quantitative estimate of drug-likeness (QED) is 0.807. The molecule has 3 rings (SSSR count). The zero-order valence-corrected chi connectivity index (χ0v) is 9.46. The molecule has 2 aliphatic rings. The van der Waals surface area contributed by atoms with Crippen molar-refractivity contribution in [2.24, 2.45) is 0 Å². The Morgan fingerprint density at radius 3 is 3.31 bits per heavy atom. The first kappa shape index (κ1) is 10.1. The molecule has 2 N–H and O–H groups in total. The number of anilines is 1. The van der Waals surface area contributed by atoms with Crippen LogP contribution in [0.3, 0.4) is 0 Å². The molecule has 0 spiro atoms. The number of rotatable bonds is 3. The maximum Gasteiger partial charge on any atom is 0.0620 e. The minimum atomic E-state index is 0.539. The molecule has 1 atom stereocenters. The van der Waals surface area contributed by atoms with Gasteiger partial charge in [0.1, 0.15) is 0 Å². The van der Waals surface area contributed by atoms with Crippen molar-refractivity contribution in [2.75, 3.05) is 25.1 Å². The number of ether oxygens (including phenoxy) is 1. The van der Waals surface area contributed by atoms with Gasteiger partial charge in [0.05, 0.1) is 6.61 Å². The van der Waals surface area contributed by atoms with Gasteiger partial charge in [0.15, 0.2) is 0 Å². The molecule has 0 aliphatic carbocycles. The second-order valence-corrected chi connectivity index (χ2v) is 4.57. The fourth-order valence-corrected chi connectivity index (χ4v) is 2.51. The average molecular weight is 218 g/mol. The van der Waals surface area contributed by atoms with Crippen molar-refractivity contribution in [1.29, 1.82) is 0 Å². The summed E-state index contributed by atoms with van der Waals surface area (Å²) < 4.78 is 5.36. The van der Waals surface area contributed by atoms with Crippen LogP contribution in [0.25, 0.3) is 0 Å². The van der Waals surface area contributed by atoms with E-state index in [9.17, 15) is 0 Å². The van der Waals surface area contributed by atoms with E-state index >= 15 is 0 Å². The third-order valence-corrected chi connectivity index (χ3v) is 3.44. The number of benzene rings is 1. The molecule has 0 amide bonds. The highest BCUT2D eigenvalue weighted by Crippen LogP contribution is 2.26. The van der Waals surface area contributed by atoms with E-state index < -0.39 is 0 Å². The second-order valence-electron chi connectivity index (χ2n) is 4.57. The smallest absolute Gasteiger partial charge is 0.0620 e. The molecule has 86 valence electrons. The SMILES string of the molecule is c1cc2c(c(CNC3CCOC3)c1)NCC2. The average Bonchev–Trinajstić information content (AvgIpc) is 2.97. The molecule has 1 aromatic rings. The molecule has 0 aromatic heterocycles. The van der Waals surface area contributed by atoms with Gasteiger partial charge in [-0.15, -0.1) is 0 Å². The number of nitrogens with one attached hydrogen (secondary N) is 2. The van der Waals surface area contributed by atoms with Crippen LogP contribution in [-0.2, 0) is 17.7 Å². The Kier molecular flexibility index (Phi) is 2.80. The van der Waals surface area contributed by atoms with Crippen LogP contribution < -0.4 is 10.6 Å². The van der Waals surface area contributed by atoms with Crippen molar-refractivity contribution in [3.05, 3.63) is 29.3 Å². The highest BCUT2D eigenvalue weighted by atomic mass is 16.5. The lowest BCUT2D eigenvalue weighted by Gasteiger charge is -2.13. The minimum Gasteiger partial charge on any atom is -0.384 e. The van der Waals surface area contributed by atoms with Gasteiger partial charge in [-0.2, -0.15) is 0 Å². The lowest BCUT2D eigenvalue weighted by Crippen LogP contribution is -2.28. The topological polar surface area (TPSA) is 33.3 Å². The molecular weight excluding hydrogens is 200 g/mol. The van der Waals surface area contributed by atoms with E-state index in [1.54, 1.807) is 0 Å². The number of para-hydroxylation sites is 1. The Balaban J connectivity index is 1.67. The molecular formula is C13H18N2O. The predicted octanol–water partition coefficient (Wildman–Crippen LogP) is 1.53. The van der Waals surface area contributed by atoms with Crippen LogP contribution in [0, 0.1) is 0 Å². The number of hydrogen-bond acceptors (Lipinski definition) is 3. The van der Waals surface area contributed by atoms with Crippen molar-refractivity contribution in [1.82, 2.24) is 5.32 Å². The summed E-state index contributed by atoms with van der Waals surface area (Å²) in [5.41, 5.74) is 4.21. The first-order valence-electron chi connectivity index (χ1n) is 6.09. The van der Waals surface area contributed by atoms with Crippen LogP contribution in [-0.4, -0.2) is 25.8 Å². The van der Waals surface area contributed by atoms with Crippen LogP contribution in [0.5, 0.6) is 0 Å². The van der Waals surface area contributed by atoms with Gasteiger partial charge in [-0.05, 0) is 24.0 Å². The van der Waals surface area contributed by atoms with Gasteiger partial charge in [-0.25, -0.2) is 0 Å². The molecule has 2 aliphatic heterocycles. The van der Waals surface area contributed by atoms with Crippen LogP contribution in [0.4, 0.5) is 5.69 Å². The zero-order chi connectivity index (χ0) is 10.8. The molecule has 3 heteroatoms. The molecule has 16 heavy (non-hydrogen) atoms. The van der Waals surface area contributed by atoms with Gasteiger partial charge >= 0.3 is 0 Å². The summed E-state index contributed by atoms with van der Waals surface area (Å²) in [6.45, 7) is 3.80. The summed E-state index contributed by atoms with van der Waals surface area (Å²) >= 11 is 0. The van der Waals surface area contributed by atoms with Gasteiger partial charge in [-0.1, -0.05) is 18.2 Å². The van der Waals surface area contributed by atoms with Gasteiger partial charge in [0.2, 0.25) is 0 Å². The Hall–Kier alpha value is -1.06. The maximum atomic E-state index is 5.36. The van der Waals surface area contributed by atoms with Gasteiger partial charge < -0.3 is 15.4 Å². The maximum absolute atomic E-state index is 5.36. The fourth-order valence-electron chi connectivity index (χ4n) is 2.51. The second kappa shape index (κ2) is 4.44. The van der Waals surface area contributed by atoms with Gasteiger partial charge in [-0.3, -0.25) is 0 Å².